The maximum Gasteiger partial charge on any atom is 0.416 e. The molecular weight excluding hydrogens is 502 g/mol. The zero-order valence-electron chi connectivity index (χ0n) is 20.5. The predicted octanol–water partition coefficient (Wildman–Crippen LogP) is 7.21. The van der Waals surface area contributed by atoms with E-state index in [1.54, 1.807) is 45.0 Å². The summed E-state index contributed by atoms with van der Waals surface area (Å²) in [6, 6.07) is 6.90. The maximum atomic E-state index is 13.6. The first-order valence-electron chi connectivity index (χ1n) is 11.3. The third-order valence-corrected chi connectivity index (χ3v) is 5.63. The van der Waals surface area contributed by atoms with Gasteiger partial charge in [-0.25, -0.2) is 4.79 Å². The van der Waals surface area contributed by atoms with Crippen LogP contribution in [0.5, 0.6) is 0 Å². The molecule has 0 spiro atoms. The van der Waals surface area contributed by atoms with Crippen molar-refractivity contribution in [3.8, 4) is 0 Å². The summed E-state index contributed by atoms with van der Waals surface area (Å²) >= 11 is 0. The lowest BCUT2D eigenvalue weighted by Gasteiger charge is -2.24. The number of aromatic amines is 1. The number of ether oxygens (including phenoxy) is 1. The van der Waals surface area contributed by atoms with E-state index in [1.165, 1.54) is 13.1 Å². The van der Waals surface area contributed by atoms with Gasteiger partial charge in [-0.05, 0) is 63.1 Å². The Bertz CT molecular complexity index is 1260. The molecule has 0 aliphatic carbocycles. The van der Waals surface area contributed by atoms with Crippen molar-refractivity contribution < 1.29 is 40.7 Å². The smallest absolute Gasteiger partial charge is 0.416 e. The van der Waals surface area contributed by atoms with E-state index in [0.717, 1.165) is 0 Å². The molecule has 0 aliphatic rings. The molecule has 0 bridgehead atoms. The molecule has 2 atom stereocenters. The number of benzene rings is 2. The number of amides is 1. The second-order valence-corrected chi connectivity index (χ2v) is 9.72. The number of halogens is 6. The molecule has 200 valence electrons. The van der Waals surface area contributed by atoms with Crippen molar-refractivity contribution in [2.24, 2.45) is 0 Å². The zero-order valence-corrected chi connectivity index (χ0v) is 20.5. The van der Waals surface area contributed by atoms with Crippen molar-refractivity contribution in [2.75, 3.05) is 0 Å². The third kappa shape index (κ3) is 7.05. The van der Waals surface area contributed by atoms with Gasteiger partial charge in [0.2, 0.25) is 0 Å². The third-order valence-electron chi connectivity index (χ3n) is 5.63. The highest BCUT2D eigenvalue weighted by molar-refractivity contribution is 5.90. The van der Waals surface area contributed by atoms with Crippen LogP contribution in [0.2, 0.25) is 0 Å². The molecule has 2 aromatic carbocycles. The van der Waals surface area contributed by atoms with Crippen molar-refractivity contribution in [3.63, 3.8) is 0 Å². The number of hydrogen-bond acceptors (Lipinski definition) is 3. The van der Waals surface area contributed by atoms with Crippen molar-refractivity contribution >= 4 is 22.8 Å². The number of Topliss-reactive ketones (excluding diaryl/α,β-unsaturated/α-hetero) is 1. The fourth-order valence-electron chi connectivity index (χ4n) is 3.91. The van der Waals surface area contributed by atoms with Gasteiger partial charge >= 0.3 is 18.4 Å². The van der Waals surface area contributed by atoms with E-state index in [4.69, 9.17) is 4.74 Å². The second-order valence-electron chi connectivity index (χ2n) is 9.72. The van der Waals surface area contributed by atoms with Gasteiger partial charge in [-0.2, -0.15) is 26.3 Å². The standard InChI is InChI=1S/C26H26F6N2O3/c1-14(34-23(36)37-24(2,3)4)22(35)12-19(20-13-33-21-8-6-5-7-18(20)21)15-9-16(25(27,28)29)11-17(10-15)26(30,31)32/h5-11,13-14,19,33H,12H2,1-4H3,(H,34,36). The largest absolute Gasteiger partial charge is 0.444 e. The van der Waals surface area contributed by atoms with E-state index in [9.17, 15) is 35.9 Å². The molecule has 0 saturated heterocycles. The average molecular weight is 528 g/mol. The molecule has 3 rings (SSSR count). The molecule has 1 aromatic heterocycles. The quantitative estimate of drug-likeness (QED) is 0.332. The van der Waals surface area contributed by atoms with Gasteiger partial charge in [-0.1, -0.05) is 18.2 Å². The fourth-order valence-corrected chi connectivity index (χ4v) is 3.91. The number of rotatable bonds is 6. The topological polar surface area (TPSA) is 71.2 Å². The lowest BCUT2D eigenvalue weighted by Crippen LogP contribution is -2.42. The van der Waals surface area contributed by atoms with Crippen LogP contribution < -0.4 is 5.32 Å². The minimum Gasteiger partial charge on any atom is -0.444 e. The van der Waals surface area contributed by atoms with E-state index in [0.29, 0.717) is 28.6 Å². The number of carbonyl (C=O) groups excluding carboxylic acids is 2. The first-order valence-corrected chi connectivity index (χ1v) is 11.3. The van der Waals surface area contributed by atoms with Crippen LogP contribution in [0.25, 0.3) is 10.9 Å². The Kier molecular flexibility index (Phi) is 7.67. The highest BCUT2D eigenvalue weighted by atomic mass is 19.4. The lowest BCUT2D eigenvalue weighted by molar-refractivity contribution is -0.143. The molecule has 3 aromatic rings. The molecule has 2 unspecified atom stereocenters. The van der Waals surface area contributed by atoms with Crippen LogP contribution in [-0.4, -0.2) is 28.5 Å². The van der Waals surface area contributed by atoms with Gasteiger partial charge < -0.3 is 15.0 Å². The summed E-state index contributed by atoms with van der Waals surface area (Å²) in [6.45, 7) is 6.24. The monoisotopic (exact) mass is 528 g/mol. The number of ketones is 1. The summed E-state index contributed by atoms with van der Waals surface area (Å²) in [5, 5.41) is 2.91. The van der Waals surface area contributed by atoms with Crippen LogP contribution in [0, 0.1) is 0 Å². The Morgan fingerprint density at radius 1 is 0.946 bits per heavy atom. The van der Waals surface area contributed by atoms with Crippen molar-refractivity contribution in [2.45, 2.75) is 64.0 Å². The predicted molar refractivity (Wildman–Crippen MR) is 125 cm³/mol. The zero-order chi connectivity index (χ0) is 27.8. The van der Waals surface area contributed by atoms with E-state index in [1.807, 2.05) is 0 Å². The Morgan fingerprint density at radius 2 is 1.51 bits per heavy atom. The van der Waals surface area contributed by atoms with Crippen LogP contribution in [0.1, 0.15) is 62.3 Å². The highest BCUT2D eigenvalue weighted by Crippen LogP contribution is 2.41. The van der Waals surface area contributed by atoms with Crippen LogP contribution in [0.15, 0.2) is 48.7 Å². The van der Waals surface area contributed by atoms with Crippen molar-refractivity contribution in [1.82, 2.24) is 10.3 Å². The van der Waals surface area contributed by atoms with E-state index in [-0.39, 0.29) is 11.6 Å². The average Bonchev–Trinajstić information content (AvgIpc) is 3.18. The summed E-state index contributed by atoms with van der Waals surface area (Å²) in [5.74, 6) is -1.78. The molecule has 1 heterocycles. The molecule has 37 heavy (non-hydrogen) atoms. The number of carbonyl (C=O) groups is 2. The normalized spacial score (nSPS) is 14.3. The van der Waals surface area contributed by atoms with Gasteiger partial charge in [-0.15, -0.1) is 0 Å². The number of alkyl halides is 6. The van der Waals surface area contributed by atoms with Crippen LogP contribution in [-0.2, 0) is 21.9 Å². The number of H-pyrrole nitrogens is 1. The number of fused-ring (bicyclic) bond motifs is 1. The van der Waals surface area contributed by atoms with Gasteiger partial charge in [0.25, 0.3) is 0 Å². The summed E-state index contributed by atoms with van der Waals surface area (Å²) in [4.78, 5) is 28.1. The molecule has 0 aliphatic heterocycles. The number of hydrogen-bond donors (Lipinski definition) is 2. The fraction of sp³-hybridized carbons (Fsp3) is 0.385. The number of alkyl carbamates (subject to hydrolysis) is 1. The molecule has 0 saturated carbocycles. The number of aromatic nitrogens is 1. The van der Waals surface area contributed by atoms with Crippen LogP contribution >= 0.6 is 0 Å². The second kappa shape index (κ2) is 10.1. The van der Waals surface area contributed by atoms with E-state index < -0.39 is 59.3 Å². The molecule has 5 nitrogen and oxygen atoms in total. The highest BCUT2D eigenvalue weighted by Gasteiger charge is 2.38. The van der Waals surface area contributed by atoms with Gasteiger partial charge in [0.05, 0.1) is 17.2 Å². The Morgan fingerprint density at radius 3 is 2.05 bits per heavy atom. The molecule has 0 radical (unpaired) electrons. The minimum atomic E-state index is -5.05. The van der Waals surface area contributed by atoms with Crippen LogP contribution in [0.4, 0.5) is 31.1 Å². The first kappa shape index (κ1) is 28.1. The van der Waals surface area contributed by atoms with E-state index in [2.05, 4.69) is 10.3 Å². The summed E-state index contributed by atoms with van der Waals surface area (Å²) in [7, 11) is 0. The minimum absolute atomic E-state index is 0.0459. The molecule has 11 heteroatoms. The van der Waals surface area contributed by atoms with Gasteiger partial charge in [0.15, 0.2) is 5.78 Å². The van der Waals surface area contributed by atoms with Gasteiger partial charge in [-0.3, -0.25) is 4.79 Å². The Hall–Kier alpha value is -3.50. The van der Waals surface area contributed by atoms with E-state index >= 15 is 0 Å². The summed E-state index contributed by atoms with van der Waals surface area (Å²) in [5.41, 5.74) is -3.18. The van der Waals surface area contributed by atoms with Crippen LogP contribution in [0.3, 0.4) is 0 Å². The molecule has 0 fully saturated rings. The van der Waals surface area contributed by atoms with Gasteiger partial charge in [0, 0.05) is 29.4 Å². The molecule has 2 N–H and O–H groups in total. The lowest BCUT2D eigenvalue weighted by atomic mass is 9.84. The maximum absolute atomic E-state index is 13.6. The summed E-state index contributed by atoms with van der Waals surface area (Å²) < 4.78 is 86.5. The first-order chi connectivity index (χ1) is 17.0. The van der Waals surface area contributed by atoms with Crippen molar-refractivity contribution in [1.29, 1.82) is 0 Å². The Balaban J connectivity index is 2.08. The number of para-hydroxylation sites is 1. The van der Waals surface area contributed by atoms with Crippen molar-refractivity contribution in [3.05, 3.63) is 70.9 Å². The molecule has 1 amide bonds. The SMILES string of the molecule is CC(NC(=O)OC(C)(C)C)C(=O)CC(c1cc(C(F)(F)F)cc(C(F)(F)F)c1)c1c[nH]c2ccccc12. The van der Waals surface area contributed by atoms with Gasteiger partial charge in [0.1, 0.15) is 5.60 Å². The Labute approximate surface area is 209 Å². The number of nitrogens with one attached hydrogen (secondary N) is 2. The molecular formula is C26H26F6N2O3. The summed E-state index contributed by atoms with van der Waals surface area (Å²) in [6.07, 6.45) is -9.98.